The van der Waals surface area contributed by atoms with E-state index in [1.54, 1.807) is 0 Å². The van der Waals surface area contributed by atoms with Crippen LogP contribution in [0.5, 0.6) is 11.5 Å². The van der Waals surface area contributed by atoms with Crippen molar-refractivity contribution >= 4 is 60.4 Å². The second kappa shape index (κ2) is 12.6. The second-order valence-electron chi connectivity index (χ2n) is 16.0. The number of rotatable bonds is 4. The lowest BCUT2D eigenvalue weighted by Crippen LogP contribution is -2.36. The first-order valence-electron chi connectivity index (χ1n) is 20.7. The van der Waals surface area contributed by atoms with Gasteiger partial charge in [-0.2, -0.15) is 0 Å². The van der Waals surface area contributed by atoms with Crippen molar-refractivity contribution in [3.8, 4) is 28.3 Å². The van der Waals surface area contributed by atoms with Crippen molar-refractivity contribution in [1.82, 2.24) is 4.57 Å². The van der Waals surface area contributed by atoms with Gasteiger partial charge in [-0.3, -0.25) is 0 Å². The maximum atomic E-state index is 7.06. The van der Waals surface area contributed by atoms with Crippen LogP contribution in [0.3, 0.4) is 0 Å². The van der Waals surface area contributed by atoms with Crippen molar-refractivity contribution in [1.29, 1.82) is 0 Å². The van der Waals surface area contributed by atoms with E-state index in [0.29, 0.717) is 0 Å². The predicted octanol–water partition coefficient (Wildman–Crippen LogP) is 15.0. The summed E-state index contributed by atoms with van der Waals surface area (Å²) in [6.07, 6.45) is 0. The number of hydrogen-bond acceptors (Lipinski definition) is 2. The average molecular weight is 765 g/mol. The van der Waals surface area contributed by atoms with Crippen molar-refractivity contribution in [3.05, 3.63) is 241 Å². The molecule has 0 fully saturated rings. The third kappa shape index (κ3) is 4.54. The Morgan fingerprint density at radius 1 is 0.367 bits per heavy atom. The maximum absolute atomic E-state index is 7.06. The number of nitrogens with zero attached hydrogens (tertiary/aromatic N) is 2. The van der Waals surface area contributed by atoms with Gasteiger partial charge in [0.25, 0.3) is 0 Å². The quantitative estimate of drug-likeness (QED) is 0.178. The lowest BCUT2D eigenvalue weighted by molar-refractivity contribution is 0.435. The minimum atomic E-state index is -0.593. The zero-order valence-corrected chi connectivity index (χ0v) is 32.6. The molecule has 1 unspecified atom stereocenters. The predicted molar refractivity (Wildman–Crippen MR) is 248 cm³/mol. The first-order chi connectivity index (χ1) is 29.8. The van der Waals surface area contributed by atoms with E-state index in [1.165, 1.54) is 60.1 Å². The summed E-state index contributed by atoms with van der Waals surface area (Å²) in [5.74, 6) is 1.73. The van der Waals surface area contributed by atoms with Gasteiger partial charge in [-0.05, 0) is 98.4 Å². The smallest absolute Gasteiger partial charge is 0.134 e. The Hall–Kier alpha value is -7.88. The molecule has 0 amide bonds. The van der Waals surface area contributed by atoms with Crippen LogP contribution in [0, 0.1) is 0 Å². The molecule has 0 radical (unpaired) electrons. The van der Waals surface area contributed by atoms with Crippen molar-refractivity contribution < 1.29 is 4.74 Å². The molecule has 0 bridgehead atoms. The van der Waals surface area contributed by atoms with Crippen molar-refractivity contribution in [2.24, 2.45) is 0 Å². The topological polar surface area (TPSA) is 17.4 Å². The monoisotopic (exact) mass is 764 g/mol. The highest BCUT2D eigenvalue weighted by Gasteiger charge is 2.49. The number of benzene rings is 10. The molecule has 13 rings (SSSR count). The highest BCUT2D eigenvalue weighted by Crippen LogP contribution is 2.61. The Morgan fingerprint density at radius 3 is 1.93 bits per heavy atom. The van der Waals surface area contributed by atoms with Gasteiger partial charge in [-0.1, -0.05) is 158 Å². The van der Waals surface area contributed by atoms with Gasteiger partial charge in [-0.15, -0.1) is 0 Å². The lowest BCUT2D eigenvalue weighted by Gasteiger charge is -2.45. The average Bonchev–Trinajstić information content (AvgIpc) is 3.64. The minimum Gasteiger partial charge on any atom is -0.457 e. The third-order valence-electron chi connectivity index (χ3n) is 13.0. The van der Waals surface area contributed by atoms with Crippen LogP contribution in [-0.2, 0) is 5.41 Å². The molecule has 1 atom stereocenters. The molecule has 60 heavy (non-hydrogen) atoms. The van der Waals surface area contributed by atoms with Crippen molar-refractivity contribution in [3.63, 3.8) is 0 Å². The van der Waals surface area contributed by atoms with Crippen molar-refractivity contribution in [2.45, 2.75) is 5.41 Å². The fraction of sp³-hybridized carbons (Fsp3) is 0.0175. The second-order valence-corrected chi connectivity index (χ2v) is 16.0. The van der Waals surface area contributed by atoms with Crippen LogP contribution >= 0.6 is 0 Å². The molecular formula is C57H36N2O. The molecule has 1 spiro atoms. The zero-order valence-electron chi connectivity index (χ0n) is 32.6. The summed E-state index contributed by atoms with van der Waals surface area (Å²) in [5, 5.41) is 7.44. The van der Waals surface area contributed by atoms with E-state index in [9.17, 15) is 0 Å². The van der Waals surface area contributed by atoms with E-state index in [2.05, 4.69) is 228 Å². The van der Waals surface area contributed by atoms with Crippen LogP contribution < -0.4 is 9.64 Å². The fourth-order valence-corrected chi connectivity index (χ4v) is 10.5. The summed E-state index contributed by atoms with van der Waals surface area (Å²) in [6, 6.07) is 79.7. The molecule has 2 aliphatic rings. The Morgan fingerprint density at radius 2 is 1.02 bits per heavy atom. The molecule has 0 saturated carbocycles. The normalized spacial score (nSPS) is 14.9. The van der Waals surface area contributed by atoms with Crippen molar-refractivity contribution in [2.75, 3.05) is 4.90 Å². The molecule has 1 aliphatic carbocycles. The van der Waals surface area contributed by atoms with Gasteiger partial charge in [-0.25, -0.2) is 0 Å². The molecule has 1 aromatic heterocycles. The summed E-state index contributed by atoms with van der Waals surface area (Å²) >= 11 is 0. The number of aromatic nitrogens is 1. The first kappa shape index (κ1) is 33.1. The Labute approximate surface area is 347 Å². The van der Waals surface area contributed by atoms with Gasteiger partial charge in [0.2, 0.25) is 0 Å². The Kier molecular flexibility index (Phi) is 6.93. The van der Waals surface area contributed by atoms with Crippen LogP contribution in [0.15, 0.2) is 218 Å². The molecule has 3 heteroatoms. The van der Waals surface area contributed by atoms with E-state index < -0.39 is 5.41 Å². The number of hydrogen-bond donors (Lipinski definition) is 0. The van der Waals surface area contributed by atoms with Crippen LogP contribution in [-0.4, -0.2) is 4.57 Å². The summed E-state index contributed by atoms with van der Waals surface area (Å²) in [6.45, 7) is 0. The van der Waals surface area contributed by atoms with Crippen LogP contribution in [0.1, 0.15) is 22.3 Å². The fourth-order valence-electron chi connectivity index (χ4n) is 10.5. The number of ether oxygens (including phenoxy) is 1. The first-order valence-corrected chi connectivity index (χ1v) is 20.7. The molecule has 2 heterocycles. The van der Waals surface area contributed by atoms with Crippen LogP contribution in [0.25, 0.3) is 60.2 Å². The molecule has 0 N–H and O–H groups in total. The number of para-hydroxylation sites is 3. The number of fused-ring (bicyclic) bond motifs is 12. The van der Waals surface area contributed by atoms with Gasteiger partial charge >= 0.3 is 0 Å². The molecule has 10 aromatic carbocycles. The SMILES string of the molecule is c1ccc(N(c2ccc3c(c2)Oc2ccccc2C32c3ccccc3-c3cccc4cccc2c34)c2ccc3c4ccccc4n(-c4ccc5ccccc5c4)c3c2)cc1. The van der Waals surface area contributed by atoms with E-state index in [0.717, 1.165) is 50.9 Å². The van der Waals surface area contributed by atoms with E-state index in [1.807, 2.05) is 0 Å². The van der Waals surface area contributed by atoms with Gasteiger partial charge < -0.3 is 14.2 Å². The molecular weight excluding hydrogens is 729 g/mol. The summed E-state index contributed by atoms with van der Waals surface area (Å²) in [7, 11) is 0. The maximum Gasteiger partial charge on any atom is 0.134 e. The zero-order chi connectivity index (χ0) is 39.4. The summed E-state index contributed by atoms with van der Waals surface area (Å²) in [4.78, 5) is 2.36. The molecule has 280 valence electrons. The standard InChI is InChI=1S/C57H36N2O/c1-2-18-40(19-3-1)58(42-30-32-46-45-21-7-10-26-52(45)59(53(46)35-42)41-29-28-37-14-4-5-15-39(37)34-41)43-31-33-50-55(36-43)60-54-27-11-9-24-49(54)57(50)48-23-8-6-20-44(48)47-22-12-16-38-17-13-25-51(57)56(38)47/h1-36H. The Balaban J connectivity index is 1.05. The molecule has 3 nitrogen and oxygen atoms in total. The van der Waals surface area contributed by atoms with Crippen LogP contribution in [0.4, 0.5) is 17.1 Å². The van der Waals surface area contributed by atoms with Gasteiger partial charge in [0, 0.05) is 50.7 Å². The van der Waals surface area contributed by atoms with E-state index >= 15 is 0 Å². The lowest BCUT2D eigenvalue weighted by atomic mass is 9.58. The van der Waals surface area contributed by atoms with Gasteiger partial charge in [0.05, 0.1) is 16.4 Å². The van der Waals surface area contributed by atoms with E-state index in [4.69, 9.17) is 4.74 Å². The number of anilines is 3. The Bertz CT molecular complexity index is 3540. The highest BCUT2D eigenvalue weighted by molar-refractivity contribution is 6.11. The third-order valence-corrected chi connectivity index (χ3v) is 13.0. The minimum absolute atomic E-state index is 0.593. The molecule has 1 aliphatic heterocycles. The van der Waals surface area contributed by atoms with Gasteiger partial charge in [0.15, 0.2) is 0 Å². The summed E-state index contributed by atoms with van der Waals surface area (Å²) < 4.78 is 9.47. The molecule has 11 aromatic rings. The summed E-state index contributed by atoms with van der Waals surface area (Å²) in [5.41, 5.74) is 13.4. The largest absolute Gasteiger partial charge is 0.457 e. The van der Waals surface area contributed by atoms with Gasteiger partial charge in [0.1, 0.15) is 11.5 Å². The van der Waals surface area contributed by atoms with E-state index in [-0.39, 0.29) is 0 Å². The van der Waals surface area contributed by atoms with Crippen LogP contribution in [0.2, 0.25) is 0 Å². The highest BCUT2D eigenvalue weighted by atomic mass is 16.5. The molecule has 0 saturated heterocycles.